The molecule has 2 aliphatic heterocycles. The van der Waals surface area contributed by atoms with Crippen molar-refractivity contribution in [1.82, 2.24) is 19.8 Å². The first kappa shape index (κ1) is 13.9. The third-order valence-corrected chi connectivity index (χ3v) is 4.86. The third-order valence-electron chi connectivity index (χ3n) is 4.86. The summed E-state index contributed by atoms with van der Waals surface area (Å²) in [7, 11) is 0. The SMILES string of the molecule is c1ccc(CN2CC3CN(Cc4ccccn4)CC3C2)nc1. The van der Waals surface area contributed by atoms with E-state index in [4.69, 9.17) is 0 Å². The van der Waals surface area contributed by atoms with Gasteiger partial charge in [0.15, 0.2) is 0 Å². The lowest BCUT2D eigenvalue weighted by molar-refractivity contribution is 0.243. The van der Waals surface area contributed by atoms with Gasteiger partial charge < -0.3 is 0 Å². The first-order valence-corrected chi connectivity index (χ1v) is 8.11. The van der Waals surface area contributed by atoms with Crippen LogP contribution in [0.3, 0.4) is 0 Å². The zero-order valence-corrected chi connectivity index (χ0v) is 12.8. The Morgan fingerprint density at radius 1 is 0.727 bits per heavy atom. The predicted molar refractivity (Wildman–Crippen MR) is 86.0 cm³/mol. The zero-order chi connectivity index (χ0) is 14.8. The topological polar surface area (TPSA) is 32.3 Å². The molecule has 4 heterocycles. The minimum atomic E-state index is 0.812. The lowest BCUT2D eigenvalue weighted by Crippen LogP contribution is -2.28. The number of nitrogens with zero attached hydrogens (tertiary/aromatic N) is 4. The van der Waals surface area contributed by atoms with Crippen molar-refractivity contribution in [3.05, 3.63) is 60.2 Å². The highest BCUT2D eigenvalue weighted by Crippen LogP contribution is 2.32. The summed E-state index contributed by atoms with van der Waals surface area (Å²) < 4.78 is 0. The second kappa shape index (κ2) is 6.15. The minimum absolute atomic E-state index is 0.812. The molecule has 0 aromatic carbocycles. The molecule has 22 heavy (non-hydrogen) atoms. The van der Waals surface area contributed by atoms with Crippen LogP contribution in [0.25, 0.3) is 0 Å². The highest BCUT2D eigenvalue weighted by molar-refractivity contribution is 5.06. The Kier molecular flexibility index (Phi) is 3.87. The average Bonchev–Trinajstić information content (AvgIpc) is 3.07. The molecule has 0 aliphatic carbocycles. The molecule has 0 atom stereocenters. The van der Waals surface area contributed by atoms with Gasteiger partial charge in [-0.2, -0.15) is 0 Å². The molecule has 2 aromatic rings. The molecule has 4 nitrogen and oxygen atoms in total. The largest absolute Gasteiger partial charge is 0.297 e. The Morgan fingerprint density at radius 3 is 1.55 bits per heavy atom. The van der Waals surface area contributed by atoms with E-state index in [1.807, 2.05) is 24.5 Å². The summed E-state index contributed by atoms with van der Waals surface area (Å²) in [6, 6.07) is 12.4. The molecule has 4 heteroatoms. The Hall–Kier alpha value is -1.78. The van der Waals surface area contributed by atoms with Gasteiger partial charge in [-0.25, -0.2) is 0 Å². The fourth-order valence-electron chi connectivity index (χ4n) is 3.89. The van der Waals surface area contributed by atoms with Crippen LogP contribution in [0.2, 0.25) is 0 Å². The Labute approximate surface area is 131 Å². The first-order valence-electron chi connectivity index (χ1n) is 8.11. The zero-order valence-electron chi connectivity index (χ0n) is 12.8. The number of rotatable bonds is 4. The van der Waals surface area contributed by atoms with Gasteiger partial charge in [-0.3, -0.25) is 19.8 Å². The van der Waals surface area contributed by atoms with Crippen LogP contribution < -0.4 is 0 Å². The van der Waals surface area contributed by atoms with Crippen molar-refractivity contribution in [2.24, 2.45) is 11.8 Å². The highest BCUT2D eigenvalue weighted by atomic mass is 15.2. The molecular formula is C18H22N4. The summed E-state index contributed by atoms with van der Waals surface area (Å²) in [5.74, 6) is 1.62. The van der Waals surface area contributed by atoms with Crippen molar-refractivity contribution in [3.63, 3.8) is 0 Å². The number of hydrogen-bond acceptors (Lipinski definition) is 4. The molecule has 2 saturated heterocycles. The number of aromatic nitrogens is 2. The van der Waals surface area contributed by atoms with E-state index in [0.29, 0.717) is 0 Å². The van der Waals surface area contributed by atoms with Crippen molar-refractivity contribution in [3.8, 4) is 0 Å². The smallest absolute Gasteiger partial charge is 0.0543 e. The lowest BCUT2D eigenvalue weighted by Gasteiger charge is -2.20. The molecule has 2 fully saturated rings. The first-order chi connectivity index (χ1) is 10.9. The minimum Gasteiger partial charge on any atom is -0.297 e. The number of pyridine rings is 2. The van der Waals surface area contributed by atoms with Crippen LogP contribution in [0, 0.1) is 11.8 Å². The van der Waals surface area contributed by atoms with Crippen LogP contribution in [0.15, 0.2) is 48.8 Å². The van der Waals surface area contributed by atoms with Gasteiger partial charge in [0.1, 0.15) is 0 Å². The van der Waals surface area contributed by atoms with E-state index in [-0.39, 0.29) is 0 Å². The Bertz CT molecular complexity index is 533. The maximum Gasteiger partial charge on any atom is 0.0543 e. The van der Waals surface area contributed by atoms with E-state index in [0.717, 1.165) is 24.9 Å². The van der Waals surface area contributed by atoms with Crippen molar-refractivity contribution < 1.29 is 0 Å². The number of likely N-dealkylation sites (tertiary alicyclic amines) is 2. The summed E-state index contributed by atoms with van der Waals surface area (Å²) in [5.41, 5.74) is 2.38. The summed E-state index contributed by atoms with van der Waals surface area (Å²) in [5, 5.41) is 0. The molecule has 0 radical (unpaired) electrons. The summed E-state index contributed by atoms with van der Waals surface area (Å²) in [6.07, 6.45) is 3.78. The molecule has 2 aliphatic rings. The maximum absolute atomic E-state index is 4.45. The highest BCUT2D eigenvalue weighted by Gasteiger charge is 2.39. The van der Waals surface area contributed by atoms with Gasteiger partial charge in [0.2, 0.25) is 0 Å². The van der Waals surface area contributed by atoms with Crippen molar-refractivity contribution in [2.45, 2.75) is 13.1 Å². The van der Waals surface area contributed by atoms with E-state index in [2.05, 4.69) is 44.0 Å². The van der Waals surface area contributed by atoms with E-state index < -0.39 is 0 Å². The fraction of sp³-hybridized carbons (Fsp3) is 0.444. The van der Waals surface area contributed by atoms with Gasteiger partial charge in [-0.1, -0.05) is 12.1 Å². The molecule has 114 valence electrons. The second-order valence-corrected chi connectivity index (χ2v) is 6.55. The van der Waals surface area contributed by atoms with Gasteiger partial charge >= 0.3 is 0 Å². The van der Waals surface area contributed by atoms with Gasteiger partial charge in [0, 0.05) is 51.7 Å². The Morgan fingerprint density at radius 2 is 1.18 bits per heavy atom. The summed E-state index contributed by atoms with van der Waals surface area (Å²) >= 11 is 0. The van der Waals surface area contributed by atoms with Crippen molar-refractivity contribution >= 4 is 0 Å². The monoisotopic (exact) mass is 294 g/mol. The van der Waals surface area contributed by atoms with Gasteiger partial charge in [0.05, 0.1) is 11.4 Å². The molecule has 0 unspecified atom stereocenters. The molecule has 2 aromatic heterocycles. The van der Waals surface area contributed by atoms with Crippen LogP contribution in [-0.4, -0.2) is 45.9 Å². The van der Waals surface area contributed by atoms with Crippen LogP contribution in [0.5, 0.6) is 0 Å². The van der Waals surface area contributed by atoms with Crippen molar-refractivity contribution in [1.29, 1.82) is 0 Å². The molecule has 0 amide bonds. The quantitative estimate of drug-likeness (QED) is 0.864. The third kappa shape index (κ3) is 3.03. The van der Waals surface area contributed by atoms with Gasteiger partial charge in [0.25, 0.3) is 0 Å². The Balaban J connectivity index is 1.31. The van der Waals surface area contributed by atoms with E-state index in [1.165, 1.54) is 37.6 Å². The molecule has 0 saturated carbocycles. The van der Waals surface area contributed by atoms with E-state index >= 15 is 0 Å². The van der Waals surface area contributed by atoms with Gasteiger partial charge in [-0.15, -0.1) is 0 Å². The number of hydrogen-bond donors (Lipinski definition) is 0. The normalized spacial score (nSPS) is 25.5. The van der Waals surface area contributed by atoms with Crippen LogP contribution in [-0.2, 0) is 13.1 Å². The molecule has 0 spiro atoms. The summed E-state index contributed by atoms with van der Waals surface area (Å²) in [4.78, 5) is 14.0. The standard InChI is InChI=1S/C18H22N4/c1-3-7-19-17(5-1)13-21-9-15-11-22(12-16(15)10-21)14-18-6-2-4-8-20-18/h1-8,15-16H,9-14H2. The maximum atomic E-state index is 4.45. The van der Waals surface area contributed by atoms with Gasteiger partial charge in [-0.05, 0) is 36.1 Å². The molecule has 0 bridgehead atoms. The van der Waals surface area contributed by atoms with Crippen LogP contribution in [0.4, 0.5) is 0 Å². The average molecular weight is 294 g/mol. The summed E-state index contributed by atoms with van der Waals surface area (Å²) in [6.45, 7) is 6.82. The molecule has 4 rings (SSSR count). The fourth-order valence-corrected chi connectivity index (χ4v) is 3.89. The van der Waals surface area contributed by atoms with Crippen LogP contribution >= 0.6 is 0 Å². The molecule has 0 N–H and O–H groups in total. The van der Waals surface area contributed by atoms with E-state index in [9.17, 15) is 0 Å². The number of fused-ring (bicyclic) bond motifs is 1. The van der Waals surface area contributed by atoms with Crippen molar-refractivity contribution in [2.75, 3.05) is 26.2 Å². The second-order valence-electron chi connectivity index (χ2n) is 6.55. The lowest BCUT2D eigenvalue weighted by atomic mass is 10.0. The van der Waals surface area contributed by atoms with Crippen LogP contribution in [0.1, 0.15) is 11.4 Å². The predicted octanol–water partition coefficient (Wildman–Crippen LogP) is 2.04. The molecular weight excluding hydrogens is 272 g/mol. The van der Waals surface area contributed by atoms with E-state index in [1.54, 1.807) is 0 Å².